The predicted molar refractivity (Wildman–Crippen MR) is 106 cm³/mol. The normalized spacial score (nSPS) is 14.2. The predicted octanol–water partition coefficient (Wildman–Crippen LogP) is 7.45. The number of nitrogens with zero attached hydrogens (tertiary/aromatic N) is 4. The number of nitrogens with one attached hydrogen (secondary N) is 2. The van der Waals surface area contributed by atoms with Crippen molar-refractivity contribution in [2.45, 2.75) is 24.7 Å². The Kier molecular flexibility index (Phi) is 5.17. The molecule has 4 aromatic heterocycles. The van der Waals surface area contributed by atoms with Gasteiger partial charge in [0.1, 0.15) is 22.4 Å². The van der Waals surface area contributed by atoms with Crippen molar-refractivity contribution in [3.8, 4) is 0 Å². The van der Waals surface area contributed by atoms with E-state index in [1.54, 1.807) is 0 Å². The number of hydrogen-bond donors (Lipinski definition) is 2. The van der Waals surface area contributed by atoms with Gasteiger partial charge in [0.2, 0.25) is 0 Å². The smallest absolute Gasteiger partial charge is 0.335 e. The molecule has 18 heteroatoms. The zero-order valence-corrected chi connectivity index (χ0v) is 17.6. The molecule has 4 aromatic rings. The van der Waals surface area contributed by atoms with E-state index in [1.807, 2.05) is 0 Å². The van der Waals surface area contributed by atoms with Crippen LogP contribution in [0.4, 0.5) is 75.7 Å². The molecule has 0 unspecified atom stereocenters. The van der Waals surface area contributed by atoms with Gasteiger partial charge < -0.3 is 10.6 Å². The summed E-state index contributed by atoms with van der Waals surface area (Å²) in [7, 11) is 0. The SMILES string of the molecule is FC(F)(F)c1cc(C(F)(F)F)c2nc3c(cc2n1)Nc1nc2c(C(F)(F)F)cc(C(F)(F)F)nc2cc1N3. The Labute approximate surface area is 200 Å². The molecule has 0 saturated carbocycles. The van der Waals surface area contributed by atoms with Crippen LogP contribution in [0.5, 0.6) is 0 Å². The van der Waals surface area contributed by atoms with Crippen LogP contribution in [0.2, 0.25) is 0 Å². The minimum absolute atomic E-state index is 0.234. The fraction of sp³-hybridized carbons (Fsp3) is 0.200. The van der Waals surface area contributed by atoms with E-state index in [9.17, 15) is 52.7 Å². The van der Waals surface area contributed by atoms with Crippen LogP contribution in [0.1, 0.15) is 22.5 Å². The first-order valence-electron chi connectivity index (χ1n) is 9.87. The maximum atomic E-state index is 13.5. The lowest BCUT2D eigenvalue weighted by atomic mass is 10.1. The Morgan fingerprint density at radius 3 is 1.08 bits per heavy atom. The van der Waals surface area contributed by atoms with Crippen LogP contribution < -0.4 is 10.6 Å². The number of rotatable bonds is 0. The molecular weight excluding hydrogens is 552 g/mol. The van der Waals surface area contributed by atoms with Crippen molar-refractivity contribution in [3.05, 3.63) is 46.8 Å². The molecule has 0 aliphatic carbocycles. The topological polar surface area (TPSA) is 75.6 Å². The molecule has 2 N–H and O–H groups in total. The zero-order chi connectivity index (χ0) is 28.0. The van der Waals surface area contributed by atoms with Gasteiger partial charge in [-0.25, -0.2) is 19.9 Å². The van der Waals surface area contributed by atoms with Crippen LogP contribution in [0, 0.1) is 0 Å². The molecule has 0 aromatic carbocycles. The Hall–Kier alpha value is -4.12. The Morgan fingerprint density at radius 2 is 0.789 bits per heavy atom. The first-order chi connectivity index (χ1) is 17.3. The second kappa shape index (κ2) is 7.70. The lowest BCUT2D eigenvalue weighted by molar-refractivity contribution is -0.146. The number of halogens is 12. The molecule has 1 aliphatic heterocycles. The van der Waals surface area contributed by atoms with Gasteiger partial charge in [-0.2, -0.15) is 52.7 Å². The molecule has 0 amide bonds. The number of pyridine rings is 4. The summed E-state index contributed by atoms with van der Waals surface area (Å²) in [6.07, 6.45) is -21.1. The second-order valence-electron chi connectivity index (χ2n) is 7.86. The average Bonchev–Trinajstić information content (AvgIpc) is 2.76. The van der Waals surface area contributed by atoms with Crippen LogP contribution in [-0.2, 0) is 24.7 Å². The Balaban J connectivity index is 1.71. The van der Waals surface area contributed by atoms with Crippen molar-refractivity contribution < 1.29 is 52.7 Å². The molecule has 200 valence electrons. The summed E-state index contributed by atoms with van der Waals surface area (Å²) in [4.78, 5) is 13.7. The summed E-state index contributed by atoms with van der Waals surface area (Å²) in [5.74, 6) is -0.887. The second-order valence-corrected chi connectivity index (χ2v) is 7.86. The summed E-state index contributed by atoms with van der Waals surface area (Å²) >= 11 is 0. The molecule has 6 nitrogen and oxygen atoms in total. The Bertz CT molecular complexity index is 1500. The minimum atomic E-state index is -5.29. The minimum Gasteiger partial charge on any atom is -0.335 e. The monoisotopic (exact) mass is 558 g/mol. The molecule has 0 fully saturated rings. The first-order valence-corrected chi connectivity index (χ1v) is 9.87. The van der Waals surface area contributed by atoms with Crippen molar-refractivity contribution in [1.29, 1.82) is 0 Å². The molecular formula is C20H6F12N6. The highest BCUT2D eigenvalue weighted by Gasteiger charge is 2.42. The molecule has 38 heavy (non-hydrogen) atoms. The third-order valence-corrected chi connectivity index (χ3v) is 5.26. The molecule has 0 spiro atoms. The molecule has 0 bridgehead atoms. The molecule has 5 heterocycles. The fourth-order valence-corrected chi connectivity index (χ4v) is 3.67. The number of fused-ring (bicyclic) bond motifs is 4. The van der Waals surface area contributed by atoms with Gasteiger partial charge in [-0.3, -0.25) is 0 Å². The molecule has 0 radical (unpaired) electrons. The van der Waals surface area contributed by atoms with Gasteiger partial charge in [0.05, 0.1) is 33.5 Å². The van der Waals surface area contributed by atoms with Gasteiger partial charge in [-0.15, -0.1) is 0 Å². The van der Waals surface area contributed by atoms with Crippen LogP contribution >= 0.6 is 0 Å². The van der Waals surface area contributed by atoms with Gasteiger partial charge in [0.15, 0.2) is 11.6 Å². The van der Waals surface area contributed by atoms with Gasteiger partial charge in [0.25, 0.3) is 0 Å². The first kappa shape index (κ1) is 25.5. The number of anilines is 4. The van der Waals surface area contributed by atoms with Gasteiger partial charge >= 0.3 is 24.7 Å². The van der Waals surface area contributed by atoms with Gasteiger partial charge in [0, 0.05) is 0 Å². The number of alkyl halides is 12. The summed E-state index contributed by atoms with van der Waals surface area (Å²) in [6.45, 7) is 0. The van der Waals surface area contributed by atoms with Crippen LogP contribution in [0.25, 0.3) is 22.1 Å². The van der Waals surface area contributed by atoms with E-state index >= 15 is 0 Å². The molecule has 5 rings (SSSR count). The van der Waals surface area contributed by atoms with E-state index in [1.165, 1.54) is 0 Å². The van der Waals surface area contributed by atoms with E-state index in [0.29, 0.717) is 0 Å². The van der Waals surface area contributed by atoms with Gasteiger partial charge in [-0.1, -0.05) is 0 Å². The molecule has 1 aliphatic rings. The fourth-order valence-electron chi connectivity index (χ4n) is 3.67. The lowest BCUT2D eigenvalue weighted by Gasteiger charge is -2.23. The zero-order valence-electron chi connectivity index (χ0n) is 17.6. The summed E-state index contributed by atoms with van der Waals surface area (Å²) in [5, 5.41) is 4.82. The van der Waals surface area contributed by atoms with Crippen LogP contribution in [-0.4, -0.2) is 19.9 Å². The average molecular weight is 558 g/mol. The summed E-state index contributed by atoms with van der Waals surface area (Å²) in [5.41, 5.74) is -11.6. The van der Waals surface area contributed by atoms with E-state index < -0.39 is 80.9 Å². The molecule has 0 saturated heterocycles. The Morgan fingerprint density at radius 1 is 0.447 bits per heavy atom. The van der Waals surface area contributed by atoms with Crippen molar-refractivity contribution in [2.24, 2.45) is 0 Å². The number of aromatic nitrogens is 4. The van der Waals surface area contributed by atoms with E-state index in [2.05, 4.69) is 30.6 Å². The maximum absolute atomic E-state index is 13.5. The highest BCUT2D eigenvalue weighted by Crippen LogP contribution is 2.45. The third-order valence-electron chi connectivity index (χ3n) is 5.26. The standard InChI is InChI=1S/C20H6F12N6/c21-17(22,23)5-1-11(19(27,28)29)33-7-3-9-15(37-13(5)7)35-10-4-8-14(38-16(10)36-9)6(18(24,25)26)2-12(34-8)20(30,31)32/h1-4H,(H,35,37)(H,36,38). The highest BCUT2D eigenvalue weighted by atomic mass is 19.4. The summed E-state index contributed by atoms with van der Waals surface area (Å²) in [6, 6.07) is 1.00. The van der Waals surface area contributed by atoms with Gasteiger partial charge in [-0.05, 0) is 24.3 Å². The van der Waals surface area contributed by atoms with Crippen molar-refractivity contribution in [3.63, 3.8) is 0 Å². The summed E-state index contributed by atoms with van der Waals surface area (Å²) < 4.78 is 160. The van der Waals surface area contributed by atoms with Crippen molar-refractivity contribution >= 4 is 45.1 Å². The maximum Gasteiger partial charge on any atom is 0.433 e. The largest absolute Gasteiger partial charge is 0.433 e. The third kappa shape index (κ3) is 4.32. The molecule has 0 atom stereocenters. The van der Waals surface area contributed by atoms with E-state index in [0.717, 1.165) is 12.1 Å². The lowest BCUT2D eigenvalue weighted by Crippen LogP contribution is -2.17. The van der Waals surface area contributed by atoms with Crippen molar-refractivity contribution in [1.82, 2.24) is 19.9 Å². The highest BCUT2D eigenvalue weighted by molar-refractivity contribution is 5.97. The number of hydrogen-bond acceptors (Lipinski definition) is 6. The van der Waals surface area contributed by atoms with E-state index in [-0.39, 0.29) is 23.5 Å². The van der Waals surface area contributed by atoms with Crippen molar-refractivity contribution in [2.75, 3.05) is 10.6 Å². The van der Waals surface area contributed by atoms with Crippen LogP contribution in [0.15, 0.2) is 24.3 Å². The van der Waals surface area contributed by atoms with E-state index in [4.69, 9.17) is 0 Å². The quantitative estimate of drug-likeness (QED) is 0.193. The van der Waals surface area contributed by atoms with Crippen LogP contribution in [0.3, 0.4) is 0 Å².